The van der Waals surface area contributed by atoms with Gasteiger partial charge in [-0.05, 0) is 64.2 Å². The van der Waals surface area contributed by atoms with Gasteiger partial charge in [0, 0.05) is 31.1 Å². The number of amides is 1. The first-order valence-corrected chi connectivity index (χ1v) is 17.4. The highest BCUT2D eigenvalue weighted by molar-refractivity contribution is 6.76. The summed E-state index contributed by atoms with van der Waals surface area (Å²) in [6.45, 7) is 3.14. The molecule has 5 aromatic carbocycles. The lowest BCUT2D eigenvalue weighted by Gasteiger charge is -2.39. The summed E-state index contributed by atoms with van der Waals surface area (Å²) in [4.78, 5) is 14.5. The summed E-state index contributed by atoms with van der Waals surface area (Å²) in [5.74, 6) is -0.679. The zero-order chi connectivity index (χ0) is 34.5. The molecule has 2 N–H and O–H groups in total. The maximum absolute atomic E-state index is 12.2. The van der Waals surface area contributed by atoms with Crippen molar-refractivity contribution in [2.75, 3.05) is 13.6 Å². The largest absolute Gasteiger partial charge is 0.392 e. The van der Waals surface area contributed by atoms with Gasteiger partial charge in [0.25, 0.3) is 9.70 Å². The minimum Gasteiger partial charge on any atom is -0.392 e. The van der Waals surface area contributed by atoms with Crippen molar-refractivity contribution in [2.24, 2.45) is 0 Å². The summed E-state index contributed by atoms with van der Waals surface area (Å²) in [6.07, 6.45) is -0.188. The van der Waals surface area contributed by atoms with E-state index in [2.05, 4.69) is 66.7 Å². The molecule has 0 spiro atoms. The zero-order valence-corrected chi connectivity index (χ0v) is 29.6. The molecule has 0 radical (unpaired) electrons. The summed E-state index contributed by atoms with van der Waals surface area (Å²) in [5, 5.41) is 14.7. The second-order valence-electron chi connectivity index (χ2n) is 12.5. The van der Waals surface area contributed by atoms with Crippen molar-refractivity contribution in [2.45, 2.75) is 54.8 Å². The molecule has 49 heavy (non-hydrogen) atoms. The first-order chi connectivity index (χ1) is 23.6. The van der Waals surface area contributed by atoms with Gasteiger partial charge in [0.05, 0.1) is 18.8 Å². The normalized spacial score (nSPS) is 18.8. The number of hydrogen-bond donors (Lipinski definition) is 2. The molecule has 6 nitrogen and oxygen atoms in total. The summed E-state index contributed by atoms with van der Waals surface area (Å²) in [5.41, 5.74) is 6.86. The van der Waals surface area contributed by atoms with E-state index in [4.69, 9.17) is 44.3 Å². The van der Waals surface area contributed by atoms with Gasteiger partial charge in [0.15, 0.2) is 6.29 Å². The molecule has 4 unspecified atom stereocenters. The smallest absolute Gasteiger partial charge is 0.272 e. The summed E-state index contributed by atoms with van der Waals surface area (Å²) >= 11 is 17.2. The van der Waals surface area contributed by atoms with Gasteiger partial charge in [0.1, 0.15) is 0 Å². The fraction of sp³-hybridized carbons (Fsp3) is 0.275. The Balaban J connectivity index is 1.21. The Kier molecular flexibility index (Phi) is 11.3. The molecular formula is C40H39Cl3N2O4. The first kappa shape index (κ1) is 35.4. The Bertz CT molecular complexity index is 1880. The van der Waals surface area contributed by atoms with E-state index in [9.17, 15) is 9.90 Å². The molecule has 1 saturated heterocycles. The van der Waals surface area contributed by atoms with Crippen molar-refractivity contribution in [1.82, 2.24) is 10.2 Å². The standard InChI is InChI=1S/C40H39Cl3N2O4/c1-26(32-20-15-28-7-3-4-8-33(28)21-32)45(2)24-35-22-37(30-13-11-27(25-46)12-14-30)49-38(48-35)31-18-16-29(17-19-31)36-10-6-5-9-34(36)23-44-39(47)40(41,42)43/h3-21,26,35,37-38,46H,22-25H2,1-2H3,(H,44,47). The molecule has 1 aliphatic heterocycles. The number of likely N-dealkylation sites (N-methyl/N-ethyl adjacent to an activating group) is 1. The van der Waals surface area contributed by atoms with Crippen LogP contribution in [0.25, 0.3) is 21.9 Å². The highest BCUT2D eigenvalue weighted by atomic mass is 35.6. The van der Waals surface area contributed by atoms with Crippen molar-refractivity contribution in [1.29, 1.82) is 0 Å². The number of nitrogens with one attached hydrogen (secondary N) is 1. The minimum atomic E-state index is -2.03. The maximum atomic E-state index is 12.2. The van der Waals surface area contributed by atoms with Crippen LogP contribution in [0, 0.1) is 0 Å². The molecule has 4 atom stereocenters. The maximum Gasteiger partial charge on any atom is 0.272 e. The molecular weight excluding hydrogens is 679 g/mol. The molecule has 1 amide bonds. The molecule has 1 fully saturated rings. The van der Waals surface area contributed by atoms with E-state index in [0.29, 0.717) is 13.0 Å². The van der Waals surface area contributed by atoms with Gasteiger partial charge >= 0.3 is 0 Å². The topological polar surface area (TPSA) is 71.0 Å². The molecule has 0 aromatic heterocycles. The van der Waals surface area contributed by atoms with Gasteiger partial charge in [0.2, 0.25) is 0 Å². The number of aliphatic hydroxyl groups excluding tert-OH is 1. The lowest BCUT2D eigenvalue weighted by molar-refractivity contribution is -0.253. The molecule has 254 valence electrons. The van der Waals surface area contributed by atoms with Gasteiger partial charge in [-0.3, -0.25) is 9.69 Å². The van der Waals surface area contributed by atoms with Crippen LogP contribution in [0.4, 0.5) is 0 Å². The molecule has 0 bridgehead atoms. The van der Waals surface area contributed by atoms with Crippen molar-refractivity contribution >= 4 is 51.5 Å². The number of carbonyl (C=O) groups is 1. The Hall–Kier alpha value is -3.46. The van der Waals surface area contributed by atoms with Crippen LogP contribution in [0.15, 0.2) is 115 Å². The number of aliphatic hydroxyl groups is 1. The predicted molar refractivity (Wildman–Crippen MR) is 197 cm³/mol. The Morgan fingerprint density at radius 3 is 2.27 bits per heavy atom. The predicted octanol–water partition coefficient (Wildman–Crippen LogP) is 9.22. The number of benzene rings is 5. The summed E-state index contributed by atoms with van der Waals surface area (Å²) in [6, 6.07) is 39.1. The molecule has 0 aliphatic carbocycles. The number of hydrogen-bond acceptors (Lipinski definition) is 5. The van der Waals surface area contributed by atoms with Crippen LogP contribution in [0.3, 0.4) is 0 Å². The average molecular weight is 718 g/mol. The Labute approximate surface area is 302 Å². The molecule has 5 aromatic rings. The first-order valence-electron chi connectivity index (χ1n) is 16.3. The number of nitrogens with zero attached hydrogens (tertiary/aromatic N) is 1. The SMILES string of the molecule is CC(c1ccc2ccccc2c1)N(C)CC1CC(c2ccc(CO)cc2)OC(c2ccc(-c3ccccc3CNC(=O)C(Cl)(Cl)Cl)cc2)O1. The summed E-state index contributed by atoms with van der Waals surface area (Å²) in [7, 11) is 2.14. The third kappa shape index (κ3) is 8.65. The van der Waals surface area contributed by atoms with Crippen LogP contribution in [-0.4, -0.2) is 39.4 Å². The minimum absolute atomic E-state index is 0.00757. The molecule has 1 heterocycles. The van der Waals surface area contributed by atoms with Crippen molar-refractivity contribution in [3.05, 3.63) is 143 Å². The van der Waals surface area contributed by atoms with Crippen LogP contribution in [0.1, 0.15) is 59.6 Å². The lowest BCUT2D eigenvalue weighted by Crippen LogP contribution is -2.38. The van der Waals surface area contributed by atoms with Crippen LogP contribution in [-0.2, 0) is 27.4 Å². The van der Waals surface area contributed by atoms with E-state index in [1.54, 1.807) is 0 Å². The van der Waals surface area contributed by atoms with Gasteiger partial charge in [-0.1, -0.05) is 144 Å². The molecule has 0 saturated carbocycles. The Morgan fingerprint density at radius 1 is 0.878 bits per heavy atom. The quantitative estimate of drug-likeness (QED) is 0.141. The molecule has 6 rings (SSSR count). The van der Waals surface area contributed by atoms with Crippen molar-refractivity contribution < 1.29 is 19.4 Å². The van der Waals surface area contributed by atoms with Crippen LogP contribution in [0.5, 0.6) is 0 Å². The fourth-order valence-corrected chi connectivity index (χ4v) is 6.49. The average Bonchev–Trinajstić information content (AvgIpc) is 3.13. The van der Waals surface area contributed by atoms with E-state index < -0.39 is 16.0 Å². The fourth-order valence-electron chi connectivity index (χ4n) is 6.29. The lowest BCUT2D eigenvalue weighted by atomic mass is 9.97. The van der Waals surface area contributed by atoms with Gasteiger partial charge < -0.3 is 19.9 Å². The van der Waals surface area contributed by atoms with E-state index in [-0.39, 0.29) is 31.4 Å². The number of ether oxygens (including phenoxy) is 2. The van der Waals surface area contributed by atoms with E-state index in [1.165, 1.54) is 16.3 Å². The van der Waals surface area contributed by atoms with Crippen molar-refractivity contribution in [3.8, 4) is 11.1 Å². The number of alkyl halides is 3. The van der Waals surface area contributed by atoms with Gasteiger partial charge in [-0.2, -0.15) is 0 Å². The number of carbonyl (C=O) groups excluding carboxylic acids is 1. The van der Waals surface area contributed by atoms with E-state index in [1.807, 2.05) is 72.8 Å². The highest BCUT2D eigenvalue weighted by Crippen LogP contribution is 2.39. The van der Waals surface area contributed by atoms with Gasteiger partial charge in [-0.25, -0.2) is 0 Å². The highest BCUT2D eigenvalue weighted by Gasteiger charge is 2.34. The number of fused-ring (bicyclic) bond motifs is 1. The summed E-state index contributed by atoms with van der Waals surface area (Å²) < 4.78 is 11.3. The van der Waals surface area contributed by atoms with E-state index in [0.717, 1.165) is 33.4 Å². The third-order valence-electron chi connectivity index (χ3n) is 9.23. The number of halogens is 3. The second kappa shape index (κ2) is 15.6. The third-order valence-corrected chi connectivity index (χ3v) is 9.75. The van der Waals surface area contributed by atoms with E-state index >= 15 is 0 Å². The molecule has 1 aliphatic rings. The van der Waals surface area contributed by atoms with Crippen LogP contribution >= 0.6 is 34.8 Å². The van der Waals surface area contributed by atoms with Crippen LogP contribution < -0.4 is 5.32 Å². The van der Waals surface area contributed by atoms with Crippen LogP contribution in [0.2, 0.25) is 0 Å². The second-order valence-corrected chi connectivity index (χ2v) is 14.8. The zero-order valence-electron chi connectivity index (χ0n) is 27.4. The Morgan fingerprint density at radius 2 is 1.55 bits per heavy atom. The van der Waals surface area contributed by atoms with Crippen molar-refractivity contribution in [3.63, 3.8) is 0 Å². The monoisotopic (exact) mass is 716 g/mol. The molecule has 9 heteroatoms. The number of rotatable bonds is 10. The van der Waals surface area contributed by atoms with Gasteiger partial charge in [-0.15, -0.1) is 0 Å².